The lowest BCUT2D eigenvalue weighted by Crippen LogP contribution is -2.37. The molecule has 0 saturated heterocycles. The summed E-state index contributed by atoms with van der Waals surface area (Å²) in [5, 5.41) is 9.64. The van der Waals surface area contributed by atoms with Crippen molar-refractivity contribution in [3.05, 3.63) is 64.7 Å². The van der Waals surface area contributed by atoms with Gasteiger partial charge in [0, 0.05) is 29.4 Å². The van der Waals surface area contributed by atoms with Crippen LogP contribution in [-0.4, -0.2) is 60.9 Å². The summed E-state index contributed by atoms with van der Waals surface area (Å²) in [7, 11) is -3.88. The number of alkyl halides is 3. The number of hydrogen-bond donors (Lipinski definition) is 4. The lowest BCUT2D eigenvalue weighted by atomic mass is 9.97. The fourth-order valence-corrected chi connectivity index (χ4v) is 5.07. The third kappa shape index (κ3) is 10.2. The van der Waals surface area contributed by atoms with Crippen molar-refractivity contribution in [2.45, 2.75) is 45.3 Å². The van der Waals surface area contributed by atoms with Crippen LogP contribution in [0.4, 0.5) is 30.8 Å². The van der Waals surface area contributed by atoms with Crippen LogP contribution in [0.15, 0.2) is 48.5 Å². The van der Waals surface area contributed by atoms with Gasteiger partial charge in [-0.25, -0.2) is 13.1 Å². The number of hydrogen-bond acceptors (Lipinski definition) is 10. The lowest BCUT2D eigenvalue weighted by Gasteiger charge is -2.19. The number of carbonyl (C=O) groups is 1. The molecule has 1 saturated carbocycles. The van der Waals surface area contributed by atoms with Gasteiger partial charge in [-0.15, -0.1) is 0 Å². The van der Waals surface area contributed by atoms with E-state index in [4.69, 9.17) is 16.3 Å². The number of aromatic nitrogens is 3. The van der Waals surface area contributed by atoms with Gasteiger partial charge in [0.2, 0.25) is 21.9 Å². The standard InChI is InChI=1S/C28H33ClF3N7O4S/c1-26(2,3)16-33-14-15-44(41,42)39-22(40)18-4-10-21(11-5-18)34-23-35-24(37-25(36-23)43-17-28(30,31)32)38-27(12-13-27)19-6-8-20(29)9-7-19/h4-11,33H,12-17H2,1-3H3,(H,39,40)(H2,34,35,36,37,38). The van der Waals surface area contributed by atoms with Crippen LogP contribution in [0.25, 0.3) is 0 Å². The topological polar surface area (TPSA) is 147 Å². The summed E-state index contributed by atoms with van der Waals surface area (Å²) < 4.78 is 70.0. The van der Waals surface area contributed by atoms with E-state index >= 15 is 0 Å². The molecule has 0 radical (unpaired) electrons. The first-order chi connectivity index (χ1) is 20.5. The minimum atomic E-state index is -4.61. The number of halogens is 4. The molecule has 0 aliphatic heterocycles. The Balaban J connectivity index is 1.44. The highest BCUT2D eigenvalue weighted by Crippen LogP contribution is 2.48. The molecule has 0 atom stereocenters. The van der Waals surface area contributed by atoms with Gasteiger partial charge in [0.25, 0.3) is 5.91 Å². The minimum absolute atomic E-state index is 0.00896. The van der Waals surface area contributed by atoms with Crippen molar-refractivity contribution in [3.8, 4) is 6.01 Å². The van der Waals surface area contributed by atoms with Gasteiger partial charge in [-0.3, -0.25) is 4.79 Å². The Morgan fingerprint density at radius 3 is 2.20 bits per heavy atom. The largest absolute Gasteiger partial charge is 0.454 e. The zero-order valence-electron chi connectivity index (χ0n) is 24.3. The van der Waals surface area contributed by atoms with Crippen molar-refractivity contribution < 1.29 is 31.1 Å². The van der Waals surface area contributed by atoms with Gasteiger partial charge in [-0.2, -0.15) is 28.1 Å². The third-order valence-corrected chi connectivity index (χ3v) is 7.82. The average Bonchev–Trinajstić information content (AvgIpc) is 3.70. The number of sulfonamides is 1. The molecule has 1 amide bonds. The smallest absolute Gasteiger partial charge is 0.422 e. The number of nitrogens with zero attached hydrogens (tertiary/aromatic N) is 3. The first-order valence-electron chi connectivity index (χ1n) is 13.6. The Morgan fingerprint density at radius 2 is 1.61 bits per heavy atom. The predicted molar refractivity (Wildman–Crippen MR) is 161 cm³/mol. The normalized spacial score (nSPS) is 14.5. The van der Waals surface area contributed by atoms with E-state index in [-0.39, 0.29) is 35.2 Å². The highest BCUT2D eigenvalue weighted by molar-refractivity contribution is 7.90. The van der Waals surface area contributed by atoms with E-state index in [1.807, 2.05) is 37.6 Å². The van der Waals surface area contributed by atoms with E-state index in [1.54, 1.807) is 12.1 Å². The van der Waals surface area contributed by atoms with Crippen molar-refractivity contribution in [1.82, 2.24) is 25.0 Å². The summed E-state index contributed by atoms with van der Waals surface area (Å²) in [6, 6.07) is 12.3. The summed E-state index contributed by atoms with van der Waals surface area (Å²) in [6.45, 7) is 5.23. The first kappa shape index (κ1) is 33.2. The first-order valence-corrected chi connectivity index (χ1v) is 15.7. The number of nitrogens with one attached hydrogen (secondary N) is 4. The summed E-state index contributed by atoms with van der Waals surface area (Å²) in [4.78, 5) is 24.8. The van der Waals surface area contributed by atoms with Gasteiger partial charge in [0.1, 0.15) is 0 Å². The van der Waals surface area contributed by atoms with E-state index in [1.165, 1.54) is 24.3 Å². The van der Waals surface area contributed by atoms with E-state index in [9.17, 15) is 26.4 Å². The maximum Gasteiger partial charge on any atom is 0.422 e. The molecule has 11 nitrogen and oxygen atoms in total. The molecule has 1 aromatic heterocycles. The van der Waals surface area contributed by atoms with Crippen LogP contribution >= 0.6 is 11.6 Å². The molecule has 4 rings (SSSR count). The number of rotatable bonds is 13. The second-order valence-electron chi connectivity index (χ2n) is 11.6. The van der Waals surface area contributed by atoms with Crippen LogP contribution in [0.5, 0.6) is 6.01 Å². The van der Waals surface area contributed by atoms with E-state index < -0.39 is 40.3 Å². The molecule has 4 N–H and O–H groups in total. The van der Waals surface area contributed by atoms with Gasteiger partial charge >= 0.3 is 12.2 Å². The second-order valence-corrected chi connectivity index (χ2v) is 13.9. The molecule has 0 unspecified atom stereocenters. The molecule has 1 aliphatic carbocycles. The molecule has 1 heterocycles. The van der Waals surface area contributed by atoms with Crippen LogP contribution in [0.3, 0.4) is 0 Å². The van der Waals surface area contributed by atoms with Gasteiger partial charge in [-0.05, 0) is 60.2 Å². The second kappa shape index (κ2) is 13.1. The Kier molecular flexibility index (Phi) is 9.90. The number of carbonyl (C=O) groups excluding carboxylic acids is 1. The molecule has 1 aliphatic rings. The lowest BCUT2D eigenvalue weighted by molar-refractivity contribution is -0.154. The van der Waals surface area contributed by atoms with Crippen LogP contribution < -0.4 is 25.4 Å². The quantitative estimate of drug-likeness (QED) is 0.185. The highest BCUT2D eigenvalue weighted by Gasteiger charge is 2.45. The summed E-state index contributed by atoms with van der Waals surface area (Å²) in [5.41, 5.74) is 0.812. The number of benzene rings is 2. The van der Waals surface area contributed by atoms with E-state index in [0.29, 0.717) is 17.3 Å². The fraction of sp³-hybridized carbons (Fsp3) is 0.429. The van der Waals surface area contributed by atoms with Crippen LogP contribution in [0, 0.1) is 5.41 Å². The maximum absolute atomic E-state index is 12.8. The van der Waals surface area contributed by atoms with Gasteiger partial charge in [0.15, 0.2) is 6.61 Å². The maximum atomic E-state index is 12.8. The van der Waals surface area contributed by atoms with Crippen LogP contribution in [0.1, 0.15) is 49.5 Å². The molecule has 1 fully saturated rings. The molecule has 3 aromatic rings. The third-order valence-electron chi connectivity index (χ3n) is 6.33. The van der Waals surface area contributed by atoms with E-state index in [2.05, 4.69) is 30.9 Å². The Morgan fingerprint density at radius 1 is 0.977 bits per heavy atom. The monoisotopic (exact) mass is 655 g/mol. The molecule has 44 heavy (non-hydrogen) atoms. The highest BCUT2D eigenvalue weighted by atomic mass is 35.5. The molecule has 2 aromatic carbocycles. The van der Waals surface area contributed by atoms with Crippen molar-refractivity contribution in [1.29, 1.82) is 0 Å². The van der Waals surface area contributed by atoms with Crippen LogP contribution in [0.2, 0.25) is 5.02 Å². The van der Waals surface area contributed by atoms with E-state index in [0.717, 1.165) is 18.4 Å². The fourth-order valence-electron chi connectivity index (χ4n) is 4.03. The molecule has 16 heteroatoms. The van der Waals surface area contributed by atoms with Gasteiger partial charge in [0.05, 0.1) is 11.3 Å². The molecule has 238 valence electrons. The zero-order valence-corrected chi connectivity index (χ0v) is 25.8. The van der Waals surface area contributed by atoms with Crippen molar-refractivity contribution in [2.75, 3.05) is 36.1 Å². The molecular formula is C28H33ClF3N7O4S. The molecule has 0 bridgehead atoms. The minimum Gasteiger partial charge on any atom is -0.454 e. The van der Waals surface area contributed by atoms with Crippen molar-refractivity contribution in [2.24, 2.45) is 5.41 Å². The van der Waals surface area contributed by atoms with Crippen LogP contribution in [-0.2, 0) is 15.6 Å². The summed E-state index contributed by atoms with van der Waals surface area (Å²) >= 11 is 6.00. The Hall–Kier alpha value is -3.69. The number of amides is 1. The number of anilines is 3. The predicted octanol–water partition coefficient (Wildman–Crippen LogP) is 5.01. The average molecular weight is 656 g/mol. The Bertz CT molecular complexity index is 1560. The van der Waals surface area contributed by atoms with Gasteiger partial charge < -0.3 is 20.7 Å². The summed E-state index contributed by atoms with van der Waals surface area (Å²) in [5.74, 6) is -1.21. The van der Waals surface area contributed by atoms with Gasteiger partial charge in [-0.1, -0.05) is 44.5 Å². The van der Waals surface area contributed by atoms with Crippen molar-refractivity contribution in [3.63, 3.8) is 0 Å². The summed E-state index contributed by atoms with van der Waals surface area (Å²) in [6.07, 6.45) is -3.15. The Labute approximate surface area is 258 Å². The number of ether oxygens (including phenoxy) is 1. The molecule has 0 spiro atoms. The van der Waals surface area contributed by atoms with Crippen molar-refractivity contribution >= 4 is 45.1 Å². The molecular weight excluding hydrogens is 623 g/mol. The SMILES string of the molecule is CC(C)(C)CNCCS(=O)(=O)NC(=O)c1ccc(Nc2nc(NC3(c4ccc(Cl)cc4)CC3)nc(OCC(F)(F)F)n2)cc1. The zero-order chi connectivity index (χ0) is 32.2.